The zero-order chi connectivity index (χ0) is 15.8. The number of halogens is 1. The number of rotatable bonds is 3. The van der Waals surface area contributed by atoms with Gasteiger partial charge in [0.05, 0.1) is 17.0 Å². The highest BCUT2D eigenvalue weighted by atomic mass is 35.5. The molecule has 0 unspecified atom stereocenters. The average molecular weight is 304 g/mol. The summed E-state index contributed by atoms with van der Waals surface area (Å²) in [5.41, 5.74) is 2.41. The number of nitriles is 1. The number of imidazole rings is 1. The van der Waals surface area contributed by atoms with Crippen molar-refractivity contribution in [3.63, 3.8) is 0 Å². The molecule has 1 aromatic heterocycles. The van der Waals surface area contributed by atoms with E-state index in [-0.39, 0.29) is 11.0 Å². The highest BCUT2D eigenvalue weighted by molar-refractivity contribution is 6.16. The van der Waals surface area contributed by atoms with E-state index in [2.05, 4.69) is 50.2 Å². The van der Waals surface area contributed by atoms with Crippen LogP contribution < -0.4 is 0 Å². The fourth-order valence-electron chi connectivity index (χ4n) is 3.38. The molecule has 0 atom stereocenters. The van der Waals surface area contributed by atoms with Crippen LogP contribution in [0.4, 0.5) is 0 Å². The number of fused-ring (bicyclic) bond motifs is 1. The third kappa shape index (κ3) is 3.06. The molecule has 0 saturated heterocycles. The molecule has 1 heterocycles. The Kier molecular flexibility index (Phi) is 4.04. The van der Waals surface area contributed by atoms with Crippen molar-refractivity contribution in [1.82, 2.24) is 9.55 Å². The summed E-state index contributed by atoms with van der Waals surface area (Å²) in [6.45, 7) is 11.1. The van der Waals surface area contributed by atoms with Crippen molar-refractivity contribution in [1.29, 1.82) is 5.26 Å². The van der Waals surface area contributed by atoms with Crippen LogP contribution in [0.15, 0.2) is 18.2 Å². The molecular formula is C17H22ClN3. The molecule has 0 bridgehead atoms. The maximum absolute atomic E-state index is 9.27. The summed E-state index contributed by atoms with van der Waals surface area (Å²) in [5.74, 6) is 1.16. The van der Waals surface area contributed by atoms with E-state index in [0.29, 0.717) is 11.4 Å². The molecule has 0 N–H and O–H groups in total. The Morgan fingerprint density at radius 1 is 1.24 bits per heavy atom. The van der Waals surface area contributed by atoms with Crippen LogP contribution in [-0.4, -0.2) is 9.55 Å². The number of alkyl halides is 1. The van der Waals surface area contributed by atoms with E-state index in [0.717, 1.165) is 23.3 Å². The first-order chi connectivity index (χ1) is 9.69. The number of nitrogens with zero attached hydrogens (tertiary/aromatic N) is 3. The van der Waals surface area contributed by atoms with E-state index in [9.17, 15) is 5.26 Å². The van der Waals surface area contributed by atoms with Gasteiger partial charge in [-0.3, -0.25) is 0 Å². The number of benzene rings is 1. The number of para-hydroxylation sites is 1. The lowest BCUT2D eigenvalue weighted by Gasteiger charge is -2.35. The first kappa shape index (κ1) is 15.9. The van der Waals surface area contributed by atoms with Gasteiger partial charge in [-0.25, -0.2) is 4.98 Å². The minimum Gasteiger partial charge on any atom is -0.321 e. The van der Waals surface area contributed by atoms with Gasteiger partial charge < -0.3 is 4.57 Å². The Hall–Kier alpha value is -1.53. The highest BCUT2D eigenvalue weighted by Crippen LogP contribution is 2.36. The summed E-state index contributed by atoms with van der Waals surface area (Å²) in [6.07, 6.45) is 0.992. The molecule has 2 rings (SSSR count). The molecule has 0 aliphatic carbocycles. The van der Waals surface area contributed by atoms with Gasteiger partial charge in [-0.05, 0) is 37.8 Å². The fourth-order valence-corrected chi connectivity index (χ4v) is 3.56. The van der Waals surface area contributed by atoms with Gasteiger partial charge in [0.2, 0.25) is 0 Å². The molecule has 1 aromatic carbocycles. The molecule has 0 spiro atoms. The molecule has 0 radical (unpaired) electrons. The minimum absolute atomic E-state index is 0.120. The summed E-state index contributed by atoms with van der Waals surface area (Å²) in [7, 11) is 0. The van der Waals surface area contributed by atoms with E-state index < -0.39 is 0 Å². The second-order valence-corrected chi connectivity index (χ2v) is 7.60. The lowest BCUT2D eigenvalue weighted by atomic mass is 9.81. The molecule has 4 heteroatoms. The van der Waals surface area contributed by atoms with Crippen LogP contribution in [-0.2, 0) is 11.4 Å². The van der Waals surface area contributed by atoms with Crippen molar-refractivity contribution in [2.75, 3.05) is 0 Å². The molecule has 0 aliphatic rings. The zero-order valence-electron chi connectivity index (χ0n) is 13.4. The van der Waals surface area contributed by atoms with Crippen molar-refractivity contribution < 1.29 is 0 Å². The van der Waals surface area contributed by atoms with Crippen molar-refractivity contribution in [2.24, 2.45) is 5.41 Å². The molecule has 0 amide bonds. The molecule has 2 aromatic rings. The molecular weight excluding hydrogens is 282 g/mol. The van der Waals surface area contributed by atoms with Gasteiger partial charge in [-0.1, -0.05) is 26.8 Å². The summed E-state index contributed by atoms with van der Waals surface area (Å²) >= 11 is 6.11. The SMILES string of the molecule is CC(C)(C)CC(C)(C)n1c(CCl)nc2c(C#N)cccc21. The third-order valence-electron chi connectivity index (χ3n) is 3.56. The van der Waals surface area contributed by atoms with Crippen molar-refractivity contribution >= 4 is 22.6 Å². The predicted octanol–water partition coefficient (Wildman–Crippen LogP) is 4.82. The van der Waals surface area contributed by atoms with Gasteiger partial charge in [0.15, 0.2) is 0 Å². The Labute approximate surface area is 131 Å². The van der Waals surface area contributed by atoms with Crippen LogP contribution >= 0.6 is 11.6 Å². The van der Waals surface area contributed by atoms with Crippen LogP contribution in [0.1, 0.15) is 52.4 Å². The largest absolute Gasteiger partial charge is 0.321 e. The third-order valence-corrected chi connectivity index (χ3v) is 3.80. The van der Waals surface area contributed by atoms with E-state index in [4.69, 9.17) is 11.6 Å². The Balaban J connectivity index is 2.71. The highest BCUT2D eigenvalue weighted by Gasteiger charge is 2.31. The van der Waals surface area contributed by atoms with Crippen LogP contribution in [0, 0.1) is 16.7 Å². The number of hydrogen-bond donors (Lipinski definition) is 0. The summed E-state index contributed by atoms with van der Waals surface area (Å²) in [4.78, 5) is 4.61. The van der Waals surface area contributed by atoms with Crippen molar-refractivity contribution in [3.05, 3.63) is 29.6 Å². The summed E-state index contributed by atoms with van der Waals surface area (Å²) in [5, 5.41) is 9.27. The van der Waals surface area contributed by atoms with Gasteiger partial charge in [0.1, 0.15) is 17.4 Å². The maximum Gasteiger partial charge on any atom is 0.125 e. The zero-order valence-corrected chi connectivity index (χ0v) is 14.1. The standard InChI is InChI=1S/C17H22ClN3/c1-16(2,3)11-17(4,5)21-13-8-6-7-12(10-19)15(13)20-14(21)9-18/h6-8H,9,11H2,1-5H3. The molecule has 3 nitrogen and oxygen atoms in total. The Morgan fingerprint density at radius 2 is 1.90 bits per heavy atom. The first-order valence-electron chi connectivity index (χ1n) is 7.16. The van der Waals surface area contributed by atoms with Gasteiger partial charge in [0.25, 0.3) is 0 Å². The normalized spacial score (nSPS) is 12.6. The molecule has 21 heavy (non-hydrogen) atoms. The molecule has 0 aliphatic heterocycles. The lowest BCUT2D eigenvalue weighted by Crippen LogP contribution is -2.32. The molecule has 0 fully saturated rings. The van der Waals surface area contributed by atoms with Crippen molar-refractivity contribution in [2.45, 2.75) is 52.5 Å². The first-order valence-corrected chi connectivity index (χ1v) is 7.70. The predicted molar refractivity (Wildman–Crippen MR) is 87.4 cm³/mol. The van der Waals surface area contributed by atoms with E-state index in [1.165, 1.54) is 0 Å². The molecule has 112 valence electrons. The number of hydrogen-bond acceptors (Lipinski definition) is 2. The average Bonchev–Trinajstić information content (AvgIpc) is 2.74. The van der Waals surface area contributed by atoms with Gasteiger partial charge >= 0.3 is 0 Å². The van der Waals surface area contributed by atoms with Gasteiger partial charge in [-0.15, -0.1) is 11.6 Å². The van der Waals surface area contributed by atoms with E-state index in [1.807, 2.05) is 12.1 Å². The number of aromatic nitrogens is 2. The van der Waals surface area contributed by atoms with Crippen LogP contribution in [0.25, 0.3) is 11.0 Å². The van der Waals surface area contributed by atoms with Crippen LogP contribution in [0.3, 0.4) is 0 Å². The fraction of sp³-hybridized carbons (Fsp3) is 0.529. The minimum atomic E-state index is -0.120. The summed E-state index contributed by atoms with van der Waals surface area (Å²) < 4.78 is 2.20. The van der Waals surface area contributed by atoms with Crippen molar-refractivity contribution in [3.8, 4) is 6.07 Å². The smallest absolute Gasteiger partial charge is 0.125 e. The Morgan fingerprint density at radius 3 is 2.43 bits per heavy atom. The van der Waals surface area contributed by atoms with Gasteiger partial charge in [0, 0.05) is 5.54 Å². The van der Waals surface area contributed by atoms with Gasteiger partial charge in [-0.2, -0.15) is 5.26 Å². The second kappa shape index (κ2) is 5.35. The molecule has 0 saturated carbocycles. The monoisotopic (exact) mass is 303 g/mol. The quantitative estimate of drug-likeness (QED) is 0.763. The maximum atomic E-state index is 9.27. The lowest BCUT2D eigenvalue weighted by molar-refractivity contribution is 0.216. The van der Waals surface area contributed by atoms with Crippen LogP contribution in [0.5, 0.6) is 0 Å². The van der Waals surface area contributed by atoms with E-state index >= 15 is 0 Å². The van der Waals surface area contributed by atoms with Crippen LogP contribution in [0.2, 0.25) is 0 Å². The summed E-state index contributed by atoms with van der Waals surface area (Å²) in [6, 6.07) is 7.94. The Bertz CT molecular complexity index is 699. The van der Waals surface area contributed by atoms with E-state index in [1.54, 1.807) is 6.07 Å². The second-order valence-electron chi connectivity index (χ2n) is 7.33. The topological polar surface area (TPSA) is 41.6 Å².